The third kappa shape index (κ3) is 3.22. The molecular formula is C11H13N3S3. The summed E-state index contributed by atoms with van der Waals surface area (Å²) in [5, 5.41) is 8.24. The number of benzene rings is 1. The molecule has 2 N–H and O–H groups in total. The van der Waals surface area contributed by atoms with Gasteiger partial charge in [0.2, 0.25) is 0 Å². The molecule has 0 saturated carbocycles. The summed E-state index contributed by atoms with van der Waals surface area (Å²) >= 11 is 4.91. The Morgan fingerprint density at radius 2 is 2.06 bits per heavy atom. The number of aromatic nitrogens is 2. The lowest BCUT2D eigenvalue weighted by molar-refractivity contribution is 0.955. The Balaban J connectivity index is 2.18. The molecule has 2 aromatic rings. The van der Waals surface area contributed by atoms with Gasteiger partial charge in [-0.15, -0.1) is 10.2 Å². The maximum Gasteiger partial charge on any atom is 0.179 e. The highest BCUT2D eigenvalue weighted by Gasteiger charge is 2.07. The quantitative estimate of drug-likeness (QED) is 0.873. The summed E-state index contributed by atoms with van der Waals surface area (Å²) in [6.45, 7) is 2.68. The van der Waals surface area contributed by atoms with Crippen LogP contribution in [0.25, 0.3) is 0 Å². The van der Waals surface area contributed by atoms with Crippen LogP contribution >= 0.6 is 34.9 Å². The van der Waals surface area contributed by atoms with Crippen molar-refractivity contribution < 1.29 is 0 Å². The monoisotopic (exact) mass is 283 g/mol. The Hall–Kier alpha value is -0.560. The fourth-order valence-electron chi connectivity index (χ4n) is 1.37. The molecule has 0 aliphatic heterocycles. The number of rotatable bonds is 4. The summed E-state index contributed by atoms with van der Waals surface area (Å²) in [5.41, 5.74) is 8.01. The first kappa shape index (κ1) is 12.9. The van der Waals surface area contributed by atoms with Crippen molar-refractivity contribution in [2.24, 2.45) is 5.73 Å². The second-order valence-electron chi connectivity index (χ2n) is 3.44. The maximum atomic E-state index is 5.61. The van der Waals surface area contributed by atoms with E-state index in [0.717, 1.165) is 14.2 Å². The fraction of sp³-hybridized carbons (Fsp3) is 0.273. The van der Waals surface area contributed by atoms with Crippen molar-refractivity contribution in [2.45, 2.75) is 27.0 Å². The molecule has 0 saturated heterocycles. The van der Waals surface area contributed by atoms with E-state index in [9.17, 15) is 0 Å². The minimum absolute atomic E-state index is 0.585. The average Bonchev–Trinajstić information content (AvgIpc) is 2.79. The predicted molar refractivity (Wildman–Crippen MR) is 74.9 cm³/mol. The standard InChI is InChI=1S/C11H13N3S3/c1-7-5-8(6-12)3-4-9(7)16-11-14-13-10(15-2)17-11/h3-5H,6,12H2,1-2H3. The molecule has 90 valence electrons. The first-order valence-corrected chi connectivity index (χ1v) is 7.93. The largest absolute Gasteiger partial charge is 0.326 e. The molecule has 0 amide bonds. The van der Waals surface area contributed by atoms with Crippen LogP contribution in [0.15, 0.2) is 31.8 Å². The highest BCUT2D eigenvalue weighted by atomic mass is 32.2. The van der Waals surface area contributed by atoms with E-state index in [0.29, 0.717) is 6.54 Å². The van der Waals surface area contributed by atoms with Crippen LogP contribution in [0.1, 0.15) is 11.1 Å². The van der Waals surface area contributed by atoms with Crippen LogP contribution in [0.2, 0.25) is 0 Å². The highest BCUT2D eigenvalue weighted by molar-refractivity contribution is 8.03. The van der Waals surface area contributed by atoms with Crippen molar-refractivity contribution in [3.8, 4) is 0 Å². The summed E-state index contributed by atoms with van der Waals surface area (Å²) in [4.78, 5) is 1.21. The van der Waals surface area contributed by atoms with Crippen molar-refractivity contribution in [3.63, 3.8) is 0 Å². The van der Waals surface area contributed by atoms with Gasteiger partial charge >= 0.3 is 0 Å². The third-order valence-corrected chi connectivity index (χ3v) is 5.36. The fourth-order valence-corrected chi connectivity index (χ4v) is 3.83. The van der Waals surface area contributed by atoms with Gasteiger partial charge < -0.3 is 5.73 Å². The van der Waals surface area contributed by atoms with Crippen molar-refractivity contribution in [2.75, 3.05) is 6.26 Å². The normalized spacial score (nSPS) is 10.8. The van der Waals surface area contributed by atoms with Crippen molar-refractivity contribution >= 4 is 34.9 Å². The van der Waals surface area contributed by atoms with Gasteiger partial charge in [-0.2, -0.15) is 0 Å². The zero-order chi connectivity index (χ0) is 12.3. The molecule has 17 heavy (non-hydrogen) atoms. The minimum atomic E-state index is 0.585. The van der Waals surface area contributed by atoms with E-state index >= 15 is 0 Å². The number of nitrogens with zero attached hydrogens (tertiary/aromatic N) is 2. The minimum Gasteiger partial charge on any atom is -0.326 e. The van der Waals surface area contributed by atoms with Crippen molar-refractivity contribution in [3.05, 3.63) is 29.3 Å². The van der Waals surface area contributed by atoms with E-state index in [1.54, 1.807) is 34.9 Å². The summed E-state index contributed by atoms with van der Waals surface area (Å²) in [5.74, 6) is 0. The number of nitrogens with two attached hydrogens (primary N) is 1. The van der Waals surface area contributed by atoms with E-state index in [1.165, 1.54) is 10.5 Å². The maximum absolute atomic E-state index is 5.61. The topological polar surface area (TPSA) is 51.8 Å². The van der Waals surface area contributed by atoms with Crippen molar-refractivity contribution in [1.29, 1.82) is 0 Å². The van der Waals surface area contributed by atoms with Crippen LogP contribution in [0.3, 0.4) is 0 Å². The number of aryl methyl sites for hydroxylation is 1. The van der Waals surface area contributed by atoms with Gasteiger partial charge in [0.25, 0.3) is 0 Å². The van der Waals surface area contributed by atoms with Gasteiger partial charge in [0, 0.05) is 11.4 Å². The van der Waals surface area contributed by atoms with E-state index in [4.69, 9.17) is 5.73 Å². The van der Waals surface area contributed by atoms with Gasteiger partial charge in [0.05, 0.1) is 0 Å². The Morgan fingerprint density at radius 1 is 1.29 bits per heavy atom. The van der Waals surface area contributed by atoms with Gasteiger partial charge in [-0.1, -0.05) is 47.0 Å². The Labute approximate surface area is 113 Å². The number of hydrogen-bond donors (Lipinski definition) is 1. The number of hydrogen-bond acceptors (Lipinski definition) is 6. The van der Waals surface area contributed by atoms with Gasteiger partial charge in [-0.3, -0.25) is 0 Å². The van der Waals surface area contributed by atoms with Gasteiger partial charge in [-0.25, -0.2) is 0 Å². The van der Waals surface area contributed by atoms with Crippen LogP contribution in [0.5, 0.6) is 0 Å². The summed E-state index contributed by atoms with van der Waals surface area (Å²) in [6.07, 6.45) is 2.01. The molecule has 0 spiro atoms. The second-order valence-corrected chi connectivity index (χ2v) is 6.76. The van der Waals surface area contributed by atoms with Gasteiger partial charge in [0.1, 0.15) is 0 Å². The lowest BCUT2D eigenvalue weighted by atomic mass is 10.1. The molecule has 0 aliphatic carbocycles. The van der Waals surface area contributed by atoms with E-state index in [1.807, 2.05) is 6.26 Å². The SMILES string of the molecule is CSc1nnc(Sc2ccc(CN)cc2C)s1. The zero-order valence-corrected chi connectivity index (χ0v) is 12.1. The molecule has 0 radical (unpaired) electrons. The predicted octanol–water partition coefficient (Wildman–Crippen LogP) is 3.18. The van der Waals surface area contributed by atoms with Crippen LogP contribution in [-0.2, 0) is 6.54 Å². The van der Waals surface area contributed by atoms with Crippen LogP contribution in [0, 0.1) is 6.92 Å². The molecule has 0 aliphatic rings. The molecular weight excluding hydrogens is 270 g/mol. The molecule has 1 aromatic heterocycles. The molecule has 0 fully saturated rings. The molecule has 1 heterocycles. The molecule has 1 aromatic carbocycles. The first-order chi connectivity index (χ1) is 8.22. The highest BCUT2D eigenvalue weighted by Crippen LogP contribution is 2.34. The van der Waals surface area contributed by atoms with Crippen LogP contribution < -0.4 is 5.73 Å². The van der Waals surface area contributed by atoms with E-state index < -0.39 is 0 Å². The zero-order valence-electron chi connectivity index (χ0n) is 9.64. The molecule has 0 unspecified atom stereocenters. The average molecular weight is 283 g/mol. The van der Waals surface area contributed by atoms with Gasteiger partial charge in [0.15, 0.2) is 8.68 Å². The molecule has 2 rings (SSSR count). The lowest BCUT2D eigenvalue weighted by Crippen LogP contribution is -1.96. The van der Waals surface area contributed by atoms with Crippen molar-refractivity contribution in [1.82, 2.24) is 10.2 Å². The third-order valence-electron chi connectivity index (χ3n) is 2.23. The number of thioether (sulfide) groups is 1. The second kappa shape index (κ2) is 5.86. The van der Waals surface area contributed by atoms with Crippen LogP contribution in [-0.4, -0.2) is 16.5 Å². The van der Waals surface area contributed by atoms with Crippen LogP contribution in [0.4, 0.5) is 0 Å². The van der Waals surface area contributed by atoms with Gasteiger partial charge in [-0.05, 0) is 30.4 Å². The summed E-state index contributed by atoms with van der Waals surface area (Å²) < 4.78 is 1.99. The van der Waals surface area contributed by atoms with E-state index in [-0.39, 0.29) is 0 Å². The smallest absolute Gasteiger partial charge is 0.179 e. The lowest BCUT2D eigenvalue weighted by Gasteiger charge is -2.04. The first-order valence-electron chi connectivity index (χ1n) is 5.08. The Bertz CT molecular complexity index is 510. The summed E-state index contributed by atoms with van der Waals surface area (Å²) in [7, 11) is 0. The molecule has 0 bridgehead atoms. The molecule has 6 heteroatoms. The summed E-state index contributed by atoms with van der Waals surface area (Å²) in [6, 6.07) is 6.28. The van der Waals surface area contributed by atoms with E-state index in [2.05, 4.69) is 35.3 Å². The molecule has 3 nitrogen and oxygen atoms in total. The molecule has 0 atom stereocenters. The Kier molecular flexibility index (Phi) is 4.44. The Morgan fingerprint density at radius 3 is 2.65 bits per heavy atom.